The Bertz CT molecular complexity index is 1920. The topological polar surface area (TPSA) is 168 Å². The zero-order chi connectivity index (χ0) is 33.5. The molecule has 0 aliphatic carbocycles. The summed E-state index contributed by atoms with van der Waals surface area (Å²) in [6.45, 7) is 4.11. The largest absolute Gasteiger partial charge is 0.493 e. The maximum absolute atomic E-state index is 12.6. The van der Waals surface area contributed by atoms with Crippen LogP contribution in [0, 0.1) is 24.0 Å². The second-order valence-electron chi connectivity index (χ2n) is 10.3. The van der Waals surface area contributed by atoms with Gasteiger partial charge in [0.2, 0.25) is 5.75 Å². The minimum absolute atomic E-state index is 0.00153. The first-order valence-corrected chi connectivity index (χ1v) is 14.2. The van der Waals surface area contributed by atoms with Crippen molar-refractivity contribution in [3.8, 4) is 22.9 Å². The van der Waals surface area contributed by atoms with E-state index in [1.165, 1.54) is 43.7 Å². The van der Waals surface area contributed by atoms with E-state index < -0.39 is 16.8 Å². The van der Waals surface area contributed by atoms with E-state index in [1.54, 1.807) is 18.2 Å². The van der Waals surface area contributed by atoms with Crippen LogP contribution in [0.1, 0.15) is 49.2 Å². The van der Waals surface area contributed by atoms with Crippen molar-refractivity contribution in [3.05, 3.63) is 135 Å². The number of methoxy groups -OCH3 is 1. The van der Waals surface area contributed by atoms with E-state index in [0.29, 0.717) is 17.1 Å². The highest BCUT2D eigenvalue weighted by molar-refractivity contribution is 5.92. The number of hydrogen-bond acceptors (Lipinski definition) is 9. The third-order valence-corrected chi connectivity index (χ3v) is 7.07. The lowest BCUT2D eigenvalue weighted by atomic mass is 10.1. The number of rotatable bonds is 13. The van der Waals surface area contributed by atoms with Crippen LogP contribution < -0.4 is 19.6 Å². The second kappa shape index (κ2) is 14.2. The van der Waals surface area contributed by atoms with Crippen LogP contribution in [0.2, 0.25) is 0 Å². The lowest BCUT2D eigenvalue weighted by Gasteiger charge is -2.12. The number of aromatic nitrogens is 1. The number of amides is 1. The van der Waals surface area contributed by atoms with Gasteiger partial charge in [-0.05, 0) is 86.1 Å². The maximum Gasteiger partial charge on any atom is 0.335 e. The molecule has 0 saturated carbocycles. The minimum atomic E-state index is -1.07. The first-order valence-electron chi connectivity index (χ1n) is 14.2. The van der Waals surface area contributed by atoms with Crippen molar-refractivity contribution in [2.24, 2.45) is 5.10 Å². The predicted molar refractivity (Wildman–Crippen MR) is 171 cm³/mol. The number of nitro groups is 1. The lowest BCUT2D eigenvalue weighted by molar-refractivity contribution is -0.386. The molecule has 47 heavy (non-hydrogen) atoms. The number of carbonyl (C=O) groups excluding carboxylic acids is 1. The SMILES string of the molecule is COc1cc(/C=N/NC(=O)c2ccc(COc3ccc(-n4c(C)ccc4C)cc3)o2)cc([N+](=O)[O-])c1OCc1ccc(C(=O)O)cc1. The van der Waals surface area contributed by atoms with Crippen molar-refractivity contribution < 1.29 is 38.2 Å². The van der Waals surface area contributed by atoms with Gasteiger partial charge < -0.3 is 28.3 Å². The molecule has 0 fully saturated rings. The average Bonchev–Trinajstić information content (AvgIpc) is 3.68. The van der Waals surface area contributed by atoms with Gasteiger partial charge in [-0.25, -0.2) is 10.2 Å². The van der Waals surface area contributed by atoms with Gasteiger partial charge in [-0.2, -0.15) is 5.10 Å². The summed E-state index contributed by atoms with van der Waals surface area (Å²) in [5, 5.41) is 24.8. The van der Waals surface area contributed by atoms with Gasteiger partial charge in [-0.1, -0.05) is 12.1 Å². The van der Waals surface area contributed by atoms with Crippen LogP contribution in [-0.4, -0.2) is 39.8 Å². The van der Waals surface area contributed by atoms with Gasteiger partial charge in [0.25, 0.3) is 0 Å². The summed E-state index contributed by atoms with van der Waals surface area (Å²) >= 11 is 0. The van der Waals surface area contributed by atoms with Crippen LogP contribution >= 0.6 is 0 Å². The number of carboxylic acids is 1. The second-order valence-corrected chi connectivity index (χ2v) is 10.3. The van der Waals surface area contributed by atoms with E-state index in [4.69, 9.17) is 23.7 Å². The number of ether oxygens (including phenoxy) is 3. The molecule has 1 amide bonds. The van der Waals surface area contributed by atoms with E-state index in [0.717, 1.165) is 17.1 Å². The van der Waals surface area contributed by atoms with Crippen LogP contribution in [0.5, 0.6) is 17.2 Å². The normalized spacial score (nSPS) is 11.0. The van der Waals surface area contributed by atoms with E-state index in [1.807, 2.05) is 38.1 Å². The van der Waals surface area contributed by atoms with Crippen LogP contribution in [0.3, 0.4) is 0 Å². The monoisotopic (exact) mass is 638 g/mol. The molecule has 0 radical (unpaired) electrons. The molecule has 0 spiro atoms. The molecule has 13 nitrogen and oxygen atoms in total. The van der Waals surface area contributed by atoms with Gasteiger partial charge >= 0.3 is 17.6 Å². The van der Waals surface area contributed by atoms with Crippen molar-refractivity contribution in [1.29, 1.82) is 0 Å². The minimum Gasteiger partial charge on any atom is -0.493 e. The standard InChI is InChI=1S/C34H30N4O9/c1-21-4-5-22(2)37(21)26-10-12-27(13-11-26)45-20-28-14-15-30(47-28)33(39)36-35-18-24-16-29(38(42)43)32(31(17-24)44-3)46-19-23-6-8-25(9-7-23)34(40)41/h4-18H,19-20H2,1-3H3,(H,36,39)(H,40,41)/b35-18+. The Balaban J connectivity index is 1.18. The van der Waals surface area contributed by atoms with Crippen molar-refractivity contribution in [2.75, 3.05) is 7.11 Å². The summed E-state index contributed by atoms with van der Waals surface area (Å²) in [5.74, 6) is -0.697. The maximum atomic E-state index is 12.6. The van der Waals surface area contributed by atoms with Gasteiger partial charge in [0, 0.05) is 28.7 Å². The summed E-state index contributed by atoms with van der Waals surface area (Å²) < 4.78 is 24.6. The number of hydrazone groups is 1. The molecule has 2 N–H and O–H groups in total. The number of aromatic carboxylic acids is 1. The van der Waals surface area contributed by atoms with Gasteiger partial charge in [-0.3, -0.25) is 14.9 Å². The Morgan fingerprint density at radius 3 is 2.30 bits per heavy atom. The highest BCUT2D eigenvalue weighted by atomic mass is 16.6. The number of nitrogens with one attached hydrogen (secondary N) is 1. The quantitative estimate of drug-likeness (QED) is 0.0864. The van der Waals surface area contributed by atoms with E-state index >= 15 is 0 Å². The Labute approximate surface area is 268 Å². The van der Waals surface area contributed by atoms with Crippen LogP contribution in [0.15, 0.2) is 94.4 Å². The first-order chi connectivity index (χ1) is 22.6. The average molecular weight is 639 g/mol. The molecule has 0 bridgehead atoms. The highest BCUT2D eigenvalue weighted by Gasteiger charge is 2.22. The van der Waals surface area contributed by atoms with Gasteiger partial charge in [0.05, 0.1) is 23.8 Å². The van der Waals surface area contributed by atoms with Gasteiger partial charge in [0.1, 0.15) is 24.7 Å². The Morgan fingerprint density at radius 2 is 1.66 bits per heavy atom. The van der Waals surface area contributed by atoms with Crippen molar-refractivity contribution in [3.63, 3.8) is 0 Å². The fraction of sp³-hybridized carbons (Fsp3) is 0.147. The van der Waals surface area contributed by atoms with E-state index in [2.05, 4.69) is 27.2 Å². The third-order valence-electron chi connectivity index (χ3n) is 7.07. The Hall–Kier alpha value is -6.37. The molecule has 0 unspecified atom stereocenters. The smallest absolute Gasteiger partial charge is 0.335 e. The molecule has 3 aromatic carbocycles. The fourth-order valence-corrected chi connectivity index (χ4v) is 4.73. The number of nitro benzene ring substituents is 1. The van der Waals surface area contributed by atoms with Crippen LogP contribution in [-0.2, 0) is 13.2 Å². The number of hydrogen-bond donors (Lipinski definition) is 2. The number of aryl methyl sites for hydroxylation is 2. The highest BCUT2D eigenvalue weighted by Crippen LogP contribution is 2.38. The van der Waals surface area contributed by atoms with Crippen LogP contribution in [0.4, 0.5) is 5.69 Å². The molecule has 0 aliphatic rings. The first kappa shape index (κ1) is 32.0. The number of furan rings is 1. The number of benzene rings is 3. The fourth-order valence-electron chi connectivity index (χ4n) is 4.73. The zero-order valence-electron chi connectivity index (χ0n) is 25.6. The molecule has 2 aromatic heterocycles. The zero-order valence-corrected chi connectivity index (χ0v) is 25.6. The molecular weight excluding hydrogens is 608 g/mol. The van der Waals surface area contributed by atoms with Crippen molar-refractivity contribution >= 4 is 23.8 Å². The summed E-state index contributed by atoms with van der Waals surface area (Å²) in [6, 6.07) is 23.5. The molecule has 0 saturated heterocycles. The summed E-state index contributed by atoms with van der Waals surface area (Å²) in [6.07, 6.45) is 1.22. The third kappa shape index (κ3) is 7.65. The predicted octanol–water partition coefficient (Wildman–Crippen LogP) is 6.22. The molecule has 0 atom stereocenters. The van der Waals surface area contributed by atoms with Crippen molar-refractivity contribution in [1.82, 2.24) is 9.99 Å². The van der Waals surface area contributed by atoms with Crippen molar-refractivity contribution in [2.45, 2.75) is 27.1 Å². The molecule has 5 aromatic rings. The number of nitrogens with zero attached hydrogens (tertiary/aromatic N) is 3. The molecule has 5 rings (SSSR count). The number of carbonyl (C=O) groups is 2. The van der Waals surface area contributed by atoms with Gasteiger partial charge in [0.15, 0.2) is 11.5 Å². The Kier molecular flexibility index (Phi) is 9.65. The number of carboxylic acid groups (broad SMARTS) is 1. The summed E-state index contributed by atoms with van der Waals surface area (Å²) in [5.41, 5.74) is 6.19. The summed E-state index contributed by atoms with van der Waals surface area (Å²) in [7, 11) is 1.33. The molecule has 240 valence electrons. The van der Waals surface area contributed by atoms with E-state index in [-0.39, 0.29) is 47.3 Å². The molecule has 0 aliphatic heterocycles. The lowest BCUT2D eigenvalue weighted by Crippen LogP contribution is -2.16. The van der Waals surface area contributed by atoms with E-state index in [9.17, 15) is 19.7 Å². The Morgan fingerprint density at radius 1 is 0.957 bits per heavy atom. The van der Waals surface area contributed by atoms with Crippen LogP contribution in [0.25, 0.3) is 5.69 Å². The van der Waals surface area contributed by atoms with Gasteiger partial charge in [-0.15, -0.1) is 0 Å². The molecule has 13 heteroatoms. The molecular formula is C34H30N4O9. The molecule has 2 heterocycles. The summed E-state index contributed by atoms with van der Waals surface area (Å²) in [4.78, 5) is 34.9.